The van der Waals surface area contributed by atoms with Crippen LogP contribution in [0.2, 0.25) is 0 Å². The van der Waals surface area contributed by atoms with Gasteiger partial charge >= 0.3 is 0 Å². The summed E-state index contributed by atoms with van der Waals surface area (Å²) in [7, 11) is 0. The minimum Gasteiger partial charge on any atom is -0.374 e. The predicted octanol–water partition coefficient (Wildman–Crippen LogP) is 2.82. The molecule has 0 aliphatic carbocycles. The maximum atomic E-state index is 12.0. The van der Waals surface area contributed by atoms with E-state index in [4.69, 9.17) is 0 Å². The molecule has 0 radical (unpaired) electrons. The molecule has 0 spiro atoms. The molecule has 0 aromatic carbocycles. The van der Waals surface area contributed by atoms with E-state index in [2.05, 4.69) is 37.9 Å². The van der Waals surface area contributed by atoms with Gasteiger partial charge in [-0.2, -0.15) is 5.10 Å². The van der Waals surface area contributed by atoms with Crippen LogP contribution in [-0.4, -0.2) is 14.8 Å². The van der Waals surface area contributed by atoms with Gasteiger partial charge < -0.3 is 5.32 Å². The quantitative estimate of drug-likeness (QED) is 0.850. The Balaban J connectivity index is 2.24. The first-order valence-electron chi connectivity index (χ1n) is 5.66. The second kappa shape index (κ2) is 6.12. The highest BCUT2D eigenvalue weighted by molar-refractivity contribution is 9.10. The number of nitrogens with one attached hydrogen (secondary N) is 1. The van der Waals surface area contributed by atoms with E-state index >= 15 is 0 Å². The molecule has 0 bridgehead atoms. The summed E-state index contributed by atoms with van der Waals surface area (Å²) in [4.78, 5) is 16.2. The molecule has 2 aromatic rings. The zero-order valence-corrected chi connectivity index (χ0v) is 12.7. The van der Waals surface area contributed by atoms with Crippen LogP contribution in [0.25, 0.3) is 0 Å². The molecule has 0 amide bonds. The molecule has 1 N–H and O–H groups in total. The largest absolute Gasteiger partial charge is 0.374 e. The highest BCUT2D eigenvalue weighted by Crippen LogP contribution is 2.24. The summed E-state index contributed by atoms with van der Waals surface area (Å²) < 4.78 is 1.81. The van der Waals surface area contributed by atoms with Crippen LogP contribution in [0.15, 0.2) is 39.7 Å². The molecule has 100 valence electrons. The van der Waals surface area contributed by atoms with Gasteiger partial charge in [0, 0.05) is 11.6 Å². The molecule has 2 rings (SSSR count). The Hall–Kier alpha value is -1.47. The molecule has 0 saturated heterocycles. The van der Waals surface area contributed by atoms with Gasteiger partial charge in [-0.15, -0.1) is 17.9 Å². The zero-order valence-electron chi connectivity index (χ0n) is 10.3. The molecular formula is C12H13BrN4OS. The SMILES string of the molecule is C=CCn1ncc(NC(C)c2nccs2)c(Br)c1=O. The van der Waals surface area contributed by atoms with Gasteiger partial charge in [-0.1, -0.05) is 6.08 Å². The number of anilines is 1. The van der Waals surface area contributed by atoms with Crippen molar-refractivity contribution >= 4 is 33.0 Å². The fourth-order valence-electron chi connectivity index (χ4n) is 1.56. The van der Waals surface area contributed by atoms with E-state index in [1.165, 1.54) is 4.68 Å². The van der Waals surface area contributed by atoms with Crippen LogP contribution in [0.1, 0.15) is 18.0 Å². The third kappa shape index (κ3) is 3.10. The highest BCUT2D eigenvalue weighted by atomic mass is 79.9. The molecule has 5 nitrogen and oxygen atoms in total. The number of hydrogen-bond acceptors (Lipinski definition) is 5. The van der Waals surface area contributed by atoms with E-state index in [1.807, 2.05) is 12.3 Å². The third-order valence-electron chi connectivity index (χ3n) is 2.48. The summed E-state index contributed by atoms with van der Waals surface area (Å²) in [6, 6.07) is 0.0211. The first-order valence-corrected chi connectivity index (χ1v) is 7.33. The molecule has 0 saturated carbocycles. The van der Waals surface area contributed by atoms with Crippen LogP contribution >= 0.6 is 27.3 Å². The summed E-state index contributed by atoms with van der Waals surface area (Å²) >= 11 is 4.87. The van der Waals surface area contributed by atoms with E-state index in [1.54, 1.807) is 29.8 Å². The lowest BCUT2D eigenvalue weighted by atomic mass is 10.3. The van der Waals surface area contributed by atoms with E-state index in [0.29, 0.717) is 16.7 Å². The highest BCUT2D eigenvalue weighted by Gasteiger charge is 2.13. The van der Waals surface area contributed by atoms with Gasteiger partial charge in [-0.3, -0.25) is 4.79 Å². The lowest BCUT2D eigenvalue weighted by Crippen LogP contribution is -2.24. The first kappa shape index (κ1) is 14.0. The van der Waals surface area contributed by atoms with Crippen molar-refractivity contribution < 1.29 is 0 Å². The topological polar surface area (TPSA) is 59.8 Å². The predicted molar refractivity (Wildman–Crippen MR) is 80.5 cm³/mol. The standard InChI is InChI=1S/C12H13BrN4OS/c1-3-5-17-12(18)10(13)9(7-15-17)16-8(2)11-14-4-6-19-11/h3-4,6-8,16H,1,5H2,2H3. The number of nitrogens with zero attached hydrogens (tertiary/aromatic N) is 3. The van der Waals surface area contributed by atoms with Crippen LogP contribution in [0, 0.1) is 0 Å². The number of hydrogen-bond donors (Lipinski definition) is 1. The van der Waals surface area contributed by atoms with Crippen molar-refractivity contribution in [3.63, 3.8) is 0 Å². The van der Waals surface area contributed by atoms with Crippen molar-refractivity contribution in [1.82, 2.24) is 14.8 Å². The Morgan fingerprint density at radius 3 is 3.11 bits per heavy atom. The Kier molecular flexibility index (Phi) is 4.49. The van der Waals surface area contributed by atoms with Crippen molar-refractivity contribution in [2.75, 3.05) is 5.32 Å². The van der Waals surface area contributed by atoms with Crippen molar-refractivity contribution in [3.8, 4) is 0 Å². The number of rotatable bonds is 5. The zero-order chi connectivity index (χ0) is 13.8. The number of thiazole rings is 1. The van der Waals surface area contributed by atoms with Crippen LogP contribution < -0.4 is 10.9 Å². The smallest absolute Gasteiger partial charge is 0.283 e. The van der Waals surface area contributed by atoms with Gasteiger partial charge in [-0.05, 0) is 22.9 Å². The van der Waals surface area contributed by atoms with Gasteiger partial charge in [0.15, 0.2) is 0 Å². The summed E-state index contributed by atoms with van der Waals surface area (Å²) in [5.74, 6) is 0. The monoisotopic (exact) mass is 340 g/mol. The second-order valence-corrected chi connectivity index (χ2v) is 5.60. The van der Waals surface area contributed by atoms with E-state index in [0.717, 1.165) is 5.01 Å². The summed E-state index contributed by atoms with van der Waals surface area (Å²) in [5.41, 5.74) is 0.476. The normalized spacial score (nSPS) is 12.1. The fraction of sp³-hybridized carbons (Fsp3) is 0.250. The molecule has 2 aromatic heterocycles. The van der Waals surface area contributed by atoms with Crippen LogP contribution in [0.5, 0.6) is 0 Å². The molecule has 7 heteroatoms. The minimum atomic E-state index is -0.184. The van der Waals surface area contributed by atoms with Crippen LogP contribution in [0.3, 0.4) is 0 Å². The lowest BCUT2D eigenvalue weighted by Gasteiger charge is -2.14. The lowest BCUT2D eigenvalue weighted by molar-refractivity contribution is 0.647. The van der Waals surface area contributed by atoms with E-state index in [-0.39, 0.29) is 11.6 Å². The molecule has 19 heavy (non-hydrogen) atoms. The molecule has 0 aliphatic heterocycles. The number of halogens is 1. The summed E-state index contributed by atoms with van der Waals surface area (Å²) in [6.45, 7) is 5.97. The molecule has 1 atom stereocenters. The third-order valence-corrected chi connectivity index (χ3v) is 4.21. The maximum absolute atomic E-state index is 12.0. The summed E-state index contributed by atoms with van der Waals surface area (Å²) in [6.07, 6.45) is 5.01. The van der Waals surface area contributed by atoms with Crippen LogP contribution in [-0.2, 0) is 6.54 Å². The van der Waals surface area contributed by atoms with Crippen molar-refractivity contribution in [1.29, 1.82) is 0 Å². The van der Waals surface area contributed by atoms with Crippen molar-refractivity contribution in [2.45, 2.75) is 19.5 Å². The first-order chi connectivity index (χ1) is 9.13. The Morgan fingerprint density at radius 2 is 2.47 bits per heavy atom. The molecule has 2 heterocycles. The van der Waals surface area contributed by atoms with Crippen LogP contribution in [0.4, 0.5) is 5.69 Å². The fourth-order valence-corrected chi connectivity index (χ4v) is 2.63. The molecule has 1 unspecified atom stereocenters. The number of aromatic nitrogens is 3. The average molecular weight is 341 g/mol. The van der Waals surface area contributed by atoms with Gasteiger partial charge in [0.25, 0.3) is 5.56 Å². The minimum absolute atomic E-state index is 0.0211. The molecule has 0 fully saturated rings. The van der Waals surface area contributed by atoms with Gasteiger partial charge in [0.2, 0.25) is 0 Å². The van der Waals surface area contributed by atoms with Gasteiger partial charge in [0.1, 0.15) is 9.48 Å². The Bertz CT molecular complexity index is 623. The Morgan fingerprint density at radius 1 is 1.68 bits per heavy atom. The van der Waals surface area contributed by atoms with Gasteiger partial charge in [0.05, 0.1) is 24.5 Å². The molecular weight excluding hydrogens is 328 g/mol. The van der Waals surface area contributed by atoms with Crippen molar-refractivity contribution in [3.05, 3.63) is 50.3 Å². The van der Waals surface area contributed by atoms with Crippen molar-refractivity contribution in [2.24, 2.45) is 0 Å². The number of allylic oxidation sites excluding steroid dienone is 1. The Labute approximate surface area is 123 Å². The van der Waals surface area contributed by atoms with E-state index in [9.17, 15) is 4.79 Å². The van der Waals surface area contributed by atoms with Gasteiger partial charge in [-0.25, -0.2) is 9.67 Å². The molecule has 0 aliphatic rings. The second-order valence-electron chi connectivity index (χ2n) is 3.88. The average Bonchev–Trinajstić information content (AvgIpc) is 2.92. The summed E-state index contributed by atoms with van der Waals surface area (Å²) in [5, 5.41) is 10.2. The van der Waals surface area contributed by atoms with E-state index < -0.39 is 0 Å². The maximum Gasteiger partial charge on any atom is 0.283 e.